The summed E-state index contributed by atoms with van der Waals surface area (Å²) < 4.78 is 21.6. The number of rotatable bonds is 2. The molecule has 64 valence electrons. The van der Waals surface area contributed by atoms with Crippen LogP contribution in [0.25, 0.3) is 5.57 Å². The van der Waals surface area contributed by atoms with E-state index in [4.69, 9.17) is 0 Å². The van der Waals surface area contributed by atoms with Gasteiger partial charge in [0.25, 0.3) is 0 Å². The molecule has 0 bridgehead atoms. The SMILES string of the molecule is C=C(C)c1ccc(I(=O)=O)cc1. The molecule has 0 radical (unpaired) electrons. The topological polar surface area (TPSA) is 34.1 Å². The van der Waals surface area contributed by atoms with Gasteiger partial charge in [0.15, 0.2) is 0 Å². The highest BCUT2D eigenvalue weighted by Gasteiger charge is 1.97. The second-order valence-electron chi connectivity index (χ2n) is 2.50. The fourth-order valence-electron chi connectivity index (χ4n) is 0.837. The maximum absolute atomic E-state index is 10.6. The Kier molecular flexibility index (Phi) is 2.97. The van der Waals surface area contributed by atoms with Crippen molar-refractivity contribution in [1.82, 2.24) is 0 Å². The van der Waals surface area contributed by atoms with E-state index in [-0.39, 0.29) is 0 Å². The molecular weight excluding hydrogens is 267 g/mol. The van der Waals surface area contributed by atoms with Gasteiger partial charge in [0, 0.05) is 0 Å². The standard InChI is InChI=1S/C9H9IO2/c1-7(2)8-3-5-9(6-4-8)10(11)12/h3-6H,1H2,2H3. The Morgan fingerprint density at radius 1 is 1.25 bits per heavy atom. The van der Waals surface area contributed by atoms with E-state index in [1.807, 2.05) is 6.92 Å². The van der Waals surface area contributed by atoms with Gasteiger partial charge in [-0.1, -0.05) is 24.3 Å². The summed E-state index contributed by atoms with van der Waals surface area (Å²) in [6, 6.07) is 6.79. The van der Waals surface area contributed by atoms with Crippen LogP contribution in [-0.4, -0.2) is 0 Å². The van der Waals surface area contributed by atoms with Crippen LogP contribution in [0.3, 0.4) is 0 Å². The molecule has 2 nitrogen and oxygen atoms in total. The number of hydrogen-bond acceptors (Lipinski definition) is 2. The molecule has 3 heteroatoms. The number of benzene rings is 1. The molecule has 0 fully saturated rings. The average molecular weight is 276 g/mol. The average Bonchev–Trinajstić information content (AvgIpc) is 2.04. The van der Waals surface area contributed by atoms with Gasteiger partial charge in [-0.15, -0.1) is 0 Å². The smallest absolute Gasteiger partial charge is 0.230 e. The zero-order chi connectivity index (χ0) is 9.14. The maximum atomic E-state index is 10.6. The van der Waals surface area contributed by atoms with Gasteiger partial charge in [-0.25, -0.2) is 6.14 Å². The van der Waals surface area contributed by atoms with Crippen LogP contribution in [0.15, 0.2) is 30.8 Å². The Morgan fingerprint density at radius 2 is 1.75 bits per heavy atom. The highest BCUT2D eigenvalue weighted by atomic mass is 127. The second kappa shape index (κ2) is 3.80. The molecule has 12 heavy (non-hydrogen) atoms. The molecule has 0 aliphatic carbocycles. The van der Waals surface area contributed by atoms with Crippen molar-refractivity contribution in [1.29, 1.82) is 0 Å². The highest BCUT2D eigenvalue weighted by molar-refractivity contribution is 14.2. The largest absolute Gasteiger partial charge is 0.340 e. The van der Waals surface area contributed by atoms with Crippen LogP contribution in [-0.2, 0) is 6.14 Å². The van der Waals surface area contributed by atoms with Crippen molar-refractivity contribution in [2.45, 2.75) is 6.92 Å². The number of halogens is 1. The summed E-state index contributed by atoms with van der Waals surface area (Å²) in [5, 5.41) is 0. The van der Waals surface area contributed by atoms with Gasteiger partial charge in [0.05, 0.1) is 3.57 Å². The summed E-state index contributed by atoms with van der Waals surface area (Å²) >= 11 is -3.27. The zero-order valence-corrected chi connectivity index (χ0v) is 8.87. The minimum absolute atomic E-state index is 0.434. The van der Waals surface area contributed by atoms with Crippen molar-refractivity contribution in [3.05, 3.63) is 40.0 Å². The van der Waals surface area contributed by atoms with Gasteiger partial charge >= 0.3 is 19.8 Å². The van der Waals surface area contributed by atoms with E-state index in [2.05, 4.69) is 6.58 Å². The van der Waals surface area contributed by atoms with E-state index in [1.165, 1.54) is 0 Å². The fourth-order valence-corrected chi connectivity index (χ4v) is 1.78. The van der Waals surface area contributed by atoms with Crippen molar-refractivity contribution in [3.8, 4) is 0 Å². The van der Waals surface area contributed by atoms with Crippen LogP contribution >= 0.6 is 19.8 Å². The van der Waals surface area contributed by atoms with Crippen LogP contribution in [0.2, 0.25) is 0 Å². The minimum Gasteiger partial charge on any atom is -0.230 e. The van der Waals surface area contributed by atoms with Crippen LogP contribution in [0.5, 0.6) is 0 Å². The van der Waals surface area contributed by atoms with Gasteiger partial charge in [0.2, 0.25) is 0 Å². The molecule has 0 saturated heterocycles. The lowest BCUT2D eigenvalue weighted by Crippen LogP contribution is -1.77. The van der Waals surface area contributed by atoms with E-state index in [9.17, 15) is 6.14 Å². The van der Waals surface area contributed by atoms with Crippen molar-refractivity contribution < 1.29 is 6.14 Å². The summed E-state index contributed by atoms with van der Waals surface area (Å²) in [6.07, 6.45) is 0. The summed E-state index contributed by atoms with van der Waals surface area (Å²) in [7, 11) is 0. The van der Waals surface area contributed by atoms with Gasteiger partial charge in [-0.3, -0.25) is 0 Å². The normalized spacial score (nSPS) is 10.2. The van der Waals surface area contributed by atoms with Crippen LogP contribution in [0, 0.1) is 3.57 Å². The predicted octanol–water partition coefficient (Wildman–Crippen LogP) is 3.09. The molecule has 1 rings (SSSR count). The lowest BCUT2D eigenvalue weighted by Gasteiger charge is -1.97. The third-order valence-electron chi connectivity index (χ3n) is 1.52. The highest BCUT2D eigenvalue weighted by Crippen LogP contribution is 2.19. The number of allylic oxidation sites excluding steroid dienone is 1. The van der Waals surface area contributed by atoms with E-state index in [0.717, 1.165) is 11.1 Å². The Bertz CT molecular complexity index is 353. The summed E-state index contributed by atoms with van der Waals surface area (Å²) in [6.45, 7) is 5.65. The van der Waals surface area contributed by atoms with Gasteiger partial charge in [-0.05, 0) is 24.6 Å². The molecule has 0 saturated carbocycles. The maximum Gasteiger partial charge on any atom is 0.340 e. The predicted molar refractivity (Wildman–Crippen MR) is 55.2 cm³/mol. The quantitative estimate of drug-likeness (QED) is 0.778. The lowest BCUT2D eigenvalue weighted by molar-refractivity contribution is 0.610. The molecule has 0 atom stereocenters. The summed E-state index contributed by atoms with van der Waals surface area (Å²) in [5.41, 5.74) is 1.93. The molecule has 0 aliphatic heterocycles. The zero-order valence-electron chi connectivity index (χ0n) is 6.71. The van der Waals surface area contributed by atoms with Crippen LogP contribution in [0.4, 0.5) is 0 Å². The van der Waals surface area contributed by atoms with Gasteiger partial charge < -0.3 is 0 Å². The summed E-state index contributed by atoms with van der Waals surface area (Å²) in [4.78, 5) is 0. The Balaban J connectivity index is 3.09. The third kappa shape index (κ3) is 2.14. The Morgan fingerprint density at radius 3 is 2.08 bits per heavy atom. The third-order valence-corrected chi connectivity index (χ3v) is 3.25. The molecule has 0 aromatic heterocycles. The molecule has 0 spiro atoms. The fraction of sp³-hybridized carbons (Fsp3) is 0.111. The first-order valence-electron chi connectivity index (χ1n) is 3.42. The van der Waals surface area contributed by atoms with E-state index in [1.54, 1.807) is 24.3 Å². The molecule has 0 aliphatic rings. The van der Waals surface area contributed by atoms with E-state index < -0.39 is 19.8 Å². The van der Waals surface area contributed by atoms with Crippen molar-refractivity contribution in [2.75, 3.05) is 0 Å². The molecule has 1 aromatic carbocycles. The molecule has 0 unspecified atom stereocenters. The first kappa shape index (κ1) is 9.38. The molecule has 1 aromatic rings. The molecular formula is C9H9IO2. The van der Waals surface area contributed by atoms with Crippen molar-refractivity contribution in [3.63, 3.8) is 0 Å². The Hall–Kier alpha value is -0.710. The van der Waals surface area contributed by atoms with Crippen LogP contribution in [0.1, 0.15) is 12.5 Å². The van der Waals surface area contributed by atoms with Crippen LogP contribution < -0.4 is 0 Å². The first-order chi connectivity index (χ1) is 5.61. The van der Waals surface area contributed by atoms with E-state index in [0.29, 0.717) is 3.57 Å². The number of hydrogen-bond donors (Lipinski definition) is 0. The molecule has 0 heterocycles. The van der Waals surface area contributed by atoms with Crippen molar-refractivity contribution in [2.24, 2.45) is 0 Å². The lowest BCUT2D eigenvalue weighted by atomic mass is 10.1. The monoisotopic (exact) mass is 276 g/mol. The van der Waals surface area contributed by atoms with Gasteiger partial charge in [-0.2, -0.15) is 0 Å². The molecule has 0 amide bonds. The minimum atomic E-state index is -3.27. The van der Waals surface area contributed by atoms with Crippen molar-refractivity contribution >= 4 is 25.4 Å². The second-order valence-corrected chi connectivity index (χ2v) is 4.99. The molecule has 0 N–H and O–H groups in total. The van der Waals surface area contributed by atoms with E-state index >= 15 is 0 Å². The van der Waals surface area contributed by atoms with Gasteiger partial charge in [0.1, 0.15) is 0 Å². The Labute approximate surface area is 78.4 Å². The first-order valence-corrected chi connectivity index (χ1v) is 6.26. The summed E-state index contributed by atoms with van der Waals surface area (Å²) in [5.74, 6) is 0.